The van der Waals surface area contributed by atoms with Crippen molar-refractivity contribution >= 4 is 11.8 Å². The van der Waals surface area contributed by atoms with Crippen LogP contribution in [0.25, 0.3) is 0 Å². The van der Waals surface area contributed by atoms with Crippen molar-refractivity contribution in [1.29, 1.82) is 0 Å². The van der Waals surface area contributed by atoms with Gasteiger partial charge in [0.15, 0.2) is 0 Å². The van der Waals surface area contributed by atoms with Gasteiger partial charge in [-0.15, -0.1) is 6.58 Å². The van der Waals surface area contributed by atoms with Crippen LogP contribution in [0.4, 0.5) is 0 Å². The van der Waals surface area contributed by atoms with Crippen molar-refractivity contribution in [2.75, 3.05) is 31.9 Å². The number of hydrogen-bond acceptors (Lipinski definition) is 3. The lowest BCUT2D eigenvalue weighted by molar-refractivity contribution is 0.291. The van der Waals surface area contributed by atoms with Crippen LogP contribution in [-0.2, 0) is 0 Å². The fourth-order valence-corrected chi connectivity index (χ4v) is 2.78. The van der Waals surface area contributed by atoms with Crippen molar-refractivity contribution < 1.29 is 0 Å². The Kier molecular flexibility index (Phi) is 4.73. The highest BCUT2D eigenvalue weighted by Gasteiger charge is 2.17. The van der Waals surface area contributed by atoms with Gasteiger partial charge >= 0.3 is 0 Å². The molecule has 70 valence electrons. The average Bonchev–Trinajstić information content (AvgIpc) is 2.06. The second kappa shape index (κ2) is 5.62. The molecule has 0 amide bonds. The molecule has 0 aliphatic carbocycles. The molecule has 0 saturated carbocycles. The molecule has 1 unspecified atom stereocenters. The summed E-state index contributed by atoms with van der Waals surface area (Å²) in [7, 11) is 0. The molecule has 1 saturated heterocycles. The van der Waals surface area contributed by atoms with Gasteiger partial charge < -0.3 is 10.6 Å². The van der Waals surface area contributed by atoms with E-state index in [0.29, 0.717) is 0 Å². The molecule has 0 spiro atoms. The topological polar surface area (TPSA) is 29.3 Å². The number of rotatable bonds is 4. The second-order valence-electron chi connectivity index (χ2n) is 3.11. The fourth-order valence-electron chi connectivity index (χ4n) is 1.49. The number of nitrogens with two attached hydrogens (primary N) is 1. The van der Waals surface area contributed by atoms with E-state index < -0.39 is 0 Å². The van der Waals surface area contributed by atoms with Crippen molar-refractivity contribution in [3.8, 4) is 0 Å². The van der Waals surface area contributed by atoms with Crippen LogP contribution in [0.15, 0.2) is 12.7 Å². The summed E-state index contributed by atoms with van der Waals surface area (Å²) >= 11 is 2.06. The maximum absolute atomic E-state index is 5.51. The molecule has 1 atom stereocenters. The molecule has 12 heavy (non-hydrogen) atoms. The summed E-state index contributed by atoms with van der Waals surface area (Å²) in [5.41, 5.74) is 5.51. The predicted octanol–water partition coefficient (Wildman–Crippen LogP) is 0.939. The number of allylic oxidation sites excluding steroid dienone is 1. The Labute approximate surface area is 79.2 Å². The summed E-state index contributed by atoms with van der Waals surface area (Å²) in [4.78, 5) is 2.45. The zero-order chi connectivity index (χ0) is 8.81. The van der Waals surface area contributed by atoms with Crippen LogP contribution >= 0.6 is 11.8 Å². The quantitative estimate of drug-likeness (QED) is 0.663. The van der Waals surface area contributed by atoms with Crippen LogP contribution in [0, 0.1) is 0 Å². The molecule has 1 aliphatic heterocycles. The minimum atomic E-state index is 0.753. The SMILES string of the molecule is C=CCC1CN(CCN)CCS1. The van der Waals surface area contributed by atoms with Crippen LogP contribution < -0.4 is 5.73 Å². The number of nitrogens with zero attached hydrogens (tertiary/aromatic N) is 1. The highest BCUT2D eigenvalue weighted by molar-refractivity contribution is 8.00. The van der Waals surface area contributed by atoms with Crippen molar-refractivity contribution in [3.63, 3.8) is 0 Å². The van der Waals surface area contributed by atoms with Crippen molar-refractivity contribution in [1.82, 2.24) is 4.90 Å². The molecular weight excluding hydrogens is 168 g/mol. The lowest BCUT2D eigenvalue weighted by Gasteiger charge is -2.31. The zero-order valence-electron chi connectivity index (χ0n) is 7.54. The Morgan fingerprint density at radius 2 is 2.50 bits per heavy atom. The van der Waals surface area contributed by atoms with E-state index in [0.717, 1.165) is 24.8 Å². The molecule has 1 heterocycles. The summed E-state index contributed by atoms with van der Waals surface area (Å²) in [6.45, 7) is 7.99. The van der Waals surface area contributed by atoms with Crippen LogP contribution in [-0.4, -0.2) is 42.1 Å². The van der Waals surface area contributed by atoms with Gasteiger partial charge in [-0.2, -0.15) is 11.8 Å². The molecule has 0 aromatic rings. The Balaban J connectivity index is 2.24. The third-order valence-electron chi connectivity index (χ3n) is 2.10. The van der Waals surface area contributed by atoms with E-state index in [1.807, 2.05) is 6.08 Å². The highest BCUT2D eigenvalue weighted by atomic mass is 32.2. The van der Waals surface area contributed by atoms with E-state index >= 15 is 0 Å². The van der Waals surface area contributed by atoms with Crippen LogP contribution in [0.2, 0.25) is 0 Å². The van der Waals surface area contributed by atoms with Gasteiger partial charge in [0.25, 0.3) is 0 Å². The largest absolute Gasteiger partial charge is 0.329 e. The lowest BCUT2D eigenvalue weighted by Crippen LogP contribution is -2.40. The maximum Gasteiger partial charge on any atom is 0.0209 e. The smallest absolute Gasteiger partial charge is 0.0209 e. The first-order valence-electron chi connectivity index (χ1n) is 4.51. The van der Waals surface area contributed by atoms with Gasteiger partial charge in [0.2, 0.25) is 0 Å². The van der Waals surface area contributed by atoms with Gasteiger partial charge in [-0.1, -0.05) is 6.08 Å². The Morgan fingerprint density at radius 3 is 3.17 bits per heavy atom. The van der Waals surface area contributed by atoms with Crippen molar-refractivity contribution in [3.05, 3.63) is 12.7 Å². The molecule has 0 radical (unpaired) electrons. The third kappa shape index (κ3) is 3.17. The average molecular weight is 186 g/mol. The fraction of sp³-hybridized carbons (Fsp3) is 0.778. The normalized spacial score (nSPS) is 25.6. The Bertz CT molecular complexity index is 136. The molecule has 1 rings (SSSR count). The van der Waals surface area contributed by atoms with E-state index in [4.69, 9.17) is 5.73 Å². The highest BCUT2D eigenvalue weighted by Crippen LogP contribution is 2.20. The van der Waals surface area contributed by atoms with Gasteiger partial charge in [0.1, 0.15) is 0 Å². The van der Waals surface area contributed by atoms with Gasteiger partial charge in [0.05, 0.1) is 0 Å². The summed E-state index contributed by atoms with van der Waals surface area (Å²) in [5.74, 6) is 1.25. The molecule has 1 fully saturated rings. The molecule has 0 bridgehead atoms. The third-order valence-corrected chi connectivity index (χ3v) is 3.33. The summed E-state index contributed by atoms with van der Waals surface area (Å²) in [5, 5.41) is 0.753. The lowest BCUT2D eigenvalue weighted by atomic mass is 10.2. The zero-order valence-corrected chi connectivity index (χ0v) is 8.35. The first-order valence-corrected chi connectivity index (χ1v) is 5.56. The van der Waals surface area contributed by atoms with E-state index in [-0.39, 0.29) is 0 Å². The number of hydrogen-bond donors (Lipinski definition) is 1. The van der Waals surface area contributed by atoms with Crippen molar-refractivity contribution in [2.24, 2.45) is 5.73 Å². The molecule has 1 aliphatic rings. The Hall–Kier alpha value is 0.0100. The Morgan fingerprint density at radius 1 is 1.67 bits per heavy atom. The molecule has 2 N–H and O–H groups in total. The standard InChI is InChI=1S/C9H18N2S/c1-2-3-9-8-11(5-4-10)6-7-12-9/h2,9H,1,3-8,10H2. The summed E-state index contributed by atoms with van der Waals surface area (Å²) < 4.78 is 0. The first kappa shape index (κ1) is 10.1. The van der Waals surface area contributed by atoms with Gasteiger partial charge in [-0.05, 0) is 6.42 Å². The minimum absolute atomic E-state index is 0.753. The van der Waals surface area contributed by atoms with Crippen molar-refractivity contribution in [2.45, 2.75) is 11.7 Å². The van der Waals surface area contributed by atoms with E-state index in [1.54, 1.807) is 0 Å². The number of thioether (sulfide) groups is 1. The second-order valence-corrected chi connectivity index (χ2v) is 4.51. The summed E-state index contributed by atoms with van der Waals surface area (Å²) in [6.07, 6.45) is 3.15. The van der Waals surface area contributed by atoms with Gasteiger partial charge in [-0.3, -0.25) is 0 Å². The monoisotopic (exact) mass is 186 g/mol. The first-order chi connectivity index (χ1) is 5.86. The maximum atomic E-state index is 5.51. The molecule has 3 heteroatoms. The van der Waals surface area contributed by atoms with E-state index in [9.17, 15) is 0 Å². The summed E-state index contributed by atoms with van der Waals surface area (Å²) in [6, 6.07) is 0. The van der Waals surface area contributed by atoms with Crippen LogP contribution in [0.5, 0.6) is 0 Å². The van der Waals surface area contributed by atoms with Gasteiger partial charge in [-0.25, -0.2) is 0 Å². The molecule has 0 aromatic heterocycles. The predicted molar refractivity (Wildman–Crippen MR) is 56.6 cm³/mol. The molecular formula is C9H18N2S. The van der Waals surface area contributed by atoms with Gasteiger partial charge in [0, 0.05) is 37.2 Å². The van der Waals surface area contributed by atoms with Crippen LogP contribution in [0.3, 0.4) is 0 Å². The van der Waals surface area contributed by atoms with Crippen LogP contribution in [0.1, 0.15) is 6.42 Å². The van der Waals surface area contributed by atoms with E-state index in [2.05, 4.69) is 23.2 Å². The molecule has 2 nitrogen and oxygen atoms in total. The molecule has 0 aromatic carbocycles. The minimum Gasteiger partial charge on any atom is -0.329 e. The van der Waals surface area contributed by atoms with E-state index in [1.165, 1.54) is 18.8 Å².